The Bertz CT molecular complexity index is 1410. The zero-order valence-corrected chi connectivity index (χ0v) is 21.6. The number of hydrogen-bond acceptors (Lipinski definition) is 5. The molecule has 1 aromatic heterocycles. The van der Waals surface area contributed by atoms with Crippen LogP contribution in [0.5, 0.6) is 11.5 Å². The molecular formula is C29H30N2O5. The monoisotopic (exact) mass is 486 g/mol. The molecule has 36 heavy (non-hydrogen) atoms. The topological polar surface area (TPSA) is 70.0 Å². The van der Waals surface area contributed by atoms with Crippen molar-refractivity contribution in [2.24, 2.45) is 0 Å². The smallest absolute Gasteiger partial charge is 0.340 e. The molecule has 2 heterocycles. The number of ether oxygens (including phenoxy) is 3. The van der Waals surface area contributed by atoms with Crippen LogP contribution in [0.25, 0.3) is 11.8 Å². The average Bonchev–Trinajstić information content (AvgIpc) is 3.29. The summed E-state index contributed by atoms with van der Waals surface area (Å²) in [6, 6.07) is 15.5. The molecule has 0 unspecified atom stereocenters. The largest absolute Gasteiger partial charge is 0.493 e. The quantitative estimate of drug-likeness (QED) is 0.349. The lowest BCUT2D eigenvalue weighted by molar-refractivity contribution is -0.136. The molecule has 0 spiro atoms. The van der Waals surface area contributed by atoms with E-state index in [1.54, 1.807) is 38.3 Å². The van der Waals surface area contributed by atoms with E-state index < -0.39 is 5.97 Å². The van der Waals surface area contributed by atoms with Crippen molar-refractivity contribution in [3.8, 4) is 17.2 Å². The Kier molecular flexibility index (Phi) is 6.75. The van der Waals surface area contributed by atoms with Gasteiger partial charge in [-0.1, -0.05) is 17.7 Å². The number of nitrogens with zero attached hydrogens (tertiary/aromatic N) is 2. The number of allylic oxidation sites excluding steroid dienone is 1. The summed E-state index contributed by atoms with van der Waals surface area (Å²) in [5.41, 5.74) is 6.59. The lowest BCUT2D eigenvalue weighted by Crippen LogP contribution is -2.24. The van der Waals surface area contributed by atoms with E-state index in [4.69, 9.17) is 14.2 Å². The molecule has 3 aromatic rings. The highest BCUT2D eigenvalue weighted by atomic mass is 16.5. The standard InChI is InChI=1S/C29H30N2O5/c1-17-8-10-22(11-9-17)30-18(2)14-21(19(30)3)15-24-27(29(33)36-7)20(4)31(28(24)32)23-12-13-25(34-5)26(16-23)35-6/h8-16H,1-7H3. The van der Waals surface area contributed by atoms with Crippen LogP contribution in [0.1, 0.15) is 29.4 Å². The third-order valence-corrected chi connectivity index (χ3v) is 6.48. The molecule has 1 amide bonds. The van der Waals surface area contributed by atoms with Gasteiger partial charge in [-0.25, -0.2) is 4.79 Å². The van der Waals surface area contributed by atoms with E-state index in [9.17, 15) is 9.59 Å². The molecule has 2 aromatic carbocycles. The molecule has 186 valence electrons. The van der Waals surface area contributed by atoms with Crippen molar-refractivity contribution in [2.75, 3.05) is 26.2 Å². The maximum atomic E-state index is 13.7. The van der Waals surface area contributed by atoms with Gasteiger partial charge in [0.05, 0.1) is 38.2 Å². The predicted octanol–water partition coefficient (Wildman–Crippen LogP) is 5.30. The third kappa shape index (κ3) is 4.17. The Labute approximate surface area is 211 Å². The van der Waals surface area contributed by atoms with Gasteiger partial charge in [0.25, 0.3) is 5.91 Å². The molecule has 0 N–H and O–H groups in total. The van der Waals surface area contributed by atoms with E-state index in [1.165, 1.54) is 24.7 Å². The third-order valence-electron chi connectivity index (χ3n) is 6.48. The van der Waals surface area contributed by atoms with Crippen LogP contribution < -0.4 is 14.4 Å². The van der Waals surface area contributed by atoms with Gasteiger partial charge in [-0.2, -0.15) is 0 Å². The number of carbonyl (C=O) groups excluding carboxylic acids is 2. The Balaban J connectivity index is 1.84. The number of anilines is 1. The molecule has 1 aliphatic rings. The number of esters is 1. The van der Waals surface area contributed by atoms with Crippen LogP contribution in [0, 0.1) is 20.8 Å². The van der Waals surface area contributed by atoms with Crippen LogP contribution in [-0.2, 0) is 14.3 Å². The average molecular weight is 487 g/mol. The van der Waals surface area contributed by atoms with Gasteiger partial charge in [0.15, 0.2) is 11.5 Å². The SMILES string of the molecule is COC(=O)C1=C(C)N(c2ccc(OC)c(OC)c2)C(=O)C1=Cc1cc(C)n(-c2ccc(C)cc2)c1C. The second-order valence-corrected chi connectivity index (χ2v) is 8.69. The second-order valence-electron chi connectivity index (χ2n) is 8.69. The summed E-state index contributed by atoms with van der Waals surface area (Å²) in [7, 11) is 4.39. The van der Waals surface area contributed by atoms with Crippen molar-refractivity contribution in [3.05, 3.63) is 87.9 Å². The molecule has 0 bridgehead atoms. The minimum absolute atomic E-state index is 0.234. The van der Waals surface area contributed by atoms with Crippen molar-refractivity contribution in [1.29, 1.82) is 0 Å². The van der Waals surface area contributed by atoms with Gasteiger partial charge in [0.1, 0.15) is 0 Å². The van der Waals surface area contributed by atoms with E-state index >= 15 is 0 Å². The van der Waals surface area contributed by atoms with Crippen LogP contribution in [0.3, 0.4) is 0 Å². The zero-order valence-electron chi connectivity index (χ0n) is 21.6. The normalized spacial score (nSPS) is 14.6. The number of amides is 1. The van der Waals surface area contributed by atoms with Gasteiger partial charge in [-0.15, -0.1) is 0 Å². The minimum Gasteiger partial charge on any atom is -0.493 e. The highest BCUT2D eigenvalue weighted by Gasteiger charge is 2.38. The minimum atomic E-state index is -0.567. The summed E-state index contributed by atoms with van der Waals surface area (Å²) in [6.45, 7) is 7.80. The van der Waals surface area contributed by atoms with E-state index in [0.717, 1.165) is 22.6 Å². The van der Waals surface area contributed by atoms with Gasteiger partial charge in [0.2, 0.25) is 0 Å². The van der Waals surface area contributed by atoms with E-state index in [2.05, 4.69) is 28.8 Å². The van der Waals surface area contributed by atoms with Crippen LogP contribution in [0.4, 0.5) is 5.69 Å². The lowest BCUT2D eigenvalue weighted by atomic mass is 10.0. The molecule has 1 aliphatic heterocycles. The highest BCUT2D eigenvalue weighted by molar-refractivity contribution is 6.24. The number of aryl methyl sites for hydroxylation is 2. The maximum Gasteiger partial charge on any atom is 0.340 e. The van der Waals surface area contributed by atoms with Crippen LogP contribution in [-0.4, -0.2) is 37.8 Å². The molecule has 0 radical (unpaired) electrons. The molecule has 0 aliphatic carbocycles. The summed E-state index contributed by atoms with van der Waals surface area (Å²) in [6.07, 6.45) is 1.77. The first-order valence-electron chi connectivity index (χ1n) is 11.6. The lowest BCUT2D eigenvalue weighted by Gasteiger charge is -2.19. The van der Waals surface area contributed by atoms with E-state index in [1.807, 2.05) is 26.8 Å². The van der Waals surface area contributed by atoms with Gasteiger partial charge in [0, 0.05) is 28.8 Å². The van der Waals surface area contributed by atoms with Crippen molar-refractivity contribution in [2.45, 2.75) is 27.7 Å². The fourth-order valence-corrected chi connectivity index (χ4v) is 4.64. The Morgan fingerprint density at radius 1 is 0.833 bits per heavy atom. The second kappa shape index (κ2) is 9.77. The molecule has 7 nitrogen and oxygen atoms in total. The number of methoxy groups -OCH3 is 3. The number of carbonyl (C=O) groups is 2. The van der Waals surface area contributed by atoms with Gasteiger partial charge in [-0.05, 0) is 69.7 Å². The Hall–Kier alpha value is -4.26. The first-order chi connectivity index (χ1) is 17.2. The van der Waals surface area contributed by atoms with Gasteiger partial charge in [-0.3, -0.25) is 9.69 Å². The maximum absolute atomic E-state index is 13.7. The highest BCUT2D eigenvalue weighted by Crippen LogP contribution is 2.39. The van der Waals surface area contributed by atoms with Crippen molar-refractivity contribution >= 4 is 23.6 Å². The fraction of sp³-hybridized carbons (Fsp3) is 0.241. The molecule has 0 saturated heterocycles. The first-order valence-corrected chi connectivity index (χ1v) is 11.6. The van der Waals surface area contributed by atoms with Crippen LogP contribution >= 0.6 is 0 Å². The molecular weight excluding hydrogens is 456 g/mol. The van der Waals surface area contributed by atoms with E-state index in [0.29, 0.717) is 22.9 Å². The predicted molar refractivity (Wildman–Crippen MR) is 140 cm³/mol. The van der Waals surface area contributed by atoms with Crippen molar-refractivity contribution in [1.82, 2.24) is 4.57 Å². The van der Waals surface area contributed by atoms with Crippen LogP contribution in [0.15, 0.2) is 65.4 Å². The number of aromatic nitrogens is 1. The van der Waals surface area contributed by atoms with Crippen molar-refractivity contribution < 1.29 is 23.8 Å². The summed E-state index contributed by atoms with van der Waals surface area (Å²) in [4.78, 5) is 28.1. The summed E-state index contributed by atoms with van der Waals surface area (Å²) >= 11 is 0. The summed E-state index contributed by atoms with van der Waals surface area (Å²) in [5, 5.41) is 0. The molecule has 4 rings (SSSR count). The van der Waals surface area contributed by atoms with E-state index in [-0.39, 0.29) is 17.1 Å². The fourth-order valence-electron chi connectivity index (χ4n) is 4.64. The number of benzene rings is 2. The zero-order chi connectivity index (χ0) is 26.1. The van der Waals surface area contributed by atoms with Crippen LogP contribution in [0.2, 0.25) is 0 Å². The molecule has 0 saturated carbocycles. The summed E-state index contributed by atoms with van der Waals surface area (Å²) < 4.78 is 17.9. The van der Waals surface area contributed by atoms with Gasteiger partial charge < -0.3 is 18.8 Å². The molecule has 0 fully saturated rings. The van der Waals surface area contributed by atoms with Gasteiger partial charge >= 0.3 is 5.97 Å². The van der Waals surface area contributed by atoms with Crippen molar-refractivity contribution in [3.63, 3.8) is 0 Å². The number of rotatable bonds is 6. The Morgan fingerprint density at radius 3 is 2.08 bits per heavy atom. The Morgan fingerprint density at radius 2 is 1.47 bits per heavy atom. The molecule has 0 atom stereocenters. The summed E-state index contributed by atoms with van der Waals surface area (Å²) in [5.74, 6) is 0.138. The molecule has 7 heteroatoms. The first kappa shape index (κ1) is 24.9. The number of hydrogen-bond donors (Lipinski definition) is 0.